The number of benzene rings is 1. The van der Waals surface area contributed by atoms with Crippen LogP contribution in [0.5, 0.6) is 0 Å². The largest absolute Gasteiger partial charge is 0.381 e. The molecule has 3 rings (SSSR count). The zero-order chi connectivity index (χ0) is 16.1. The lowest BCUT2D eigenvalue weighted by molar-refractivity contribution is -0.129. The maximum atomic E-state index is 12.3. The van der Waals surface area contributed by atoms with Crippen molar-refractivity contribution in [1.29, 1.82) is 0 Å². The van der Waals surface area contributed by atoms with Crippen molar-refractivity contribution in [2.75, 3.05) is 19.8 Å². The van der Waals surface area contributed by atoms with Crippen molar-refractivity contribution in [3.8, 4) is 0 Å². The Balaban J connectivity index is 1.69. The lowest BCUT2D eigenvalue weighted by Crippen LogP contribution is -2.38. The van der Waals surface area contributed by atoms with Crippen LogP contribution in [0, 0.1) is 5.92 Å². The molecule has 1 aliphatic heterocycles. The van der Waals surface area contributed by atoms with Gasteiger partial charge in [-0.15, -0.1) is 0 Å². The molecule has 2 atom stereocenters. The molecule has 1 fully saturated rings. The Labute approximate surface area is 140 Å². The molecular formula is C17H20ClN3O2. The molecule has 2 aromatic rings. The fourth-order valence-corrected chi connectivity index (χ4v) is 2.95. The molecule has 23 heavy (non-hydrogen) atoms. The Kier molecular flexibility index (Phi) is 5.31. The lowest BCUT2D eigenvalue weighted by atomic mass is 10.0. The summed E-state index contributed by atoms with van der Waals surface area (Å²) in [6.07, 6.45) is 7.23. The van der Waals surface area contributed by atoms with Crippen LogP contribution in [0.15, 0.2) is 43.0 Å². The summed E-state index contributed by atoms with van der Waals surface area (Å²) < 4.78 is 7.38. The van der Waals surface area contributed by atoms with Crippen LogP contribution in [0.2, 0.25) is 5.02 Å². The molecule has 0 bridgehead atoms. The standard InChI is InChI=1S/C17H20ClN3O2/c18-15-5-3-13(4-6-15)16(21-8-7-19-12-21)10-20-17(22)14-2-1-9-23-11-14/h3-8,12,14,16H,1-2,9-11H2,(H,20,22). The summed E-state index contributed by atoms with van der Waals surface area (Å²) in [6, 6.07) is 7.66. The van der Waals surface area contributed by atoms with Gasteiger partial charge in [-0.1, -0.05) is 23.7 Å². The van der Waals surface area contributed by atoms with E-state index in [2.05, 4.69) is 10.3 Å². The van der Waals surface area contributed by atoms with Crippen LogP contribution in [0.1, 0.15) is 24.4 Å². The molecule has 0 spiro atoms. The molecule has 0 radical (unpaired) electrons. The molecule has 0 saturated carbocycles. The van der Waals surface area contributed by atoms with E-state index in [9.17, 15) is 4.79 Å². The van der Waals surface area contributed by atoms with Crippen LogP contribution in [0.4, 0.5) is 0 Å². The summed E-state index contributed by atoms with van der Waals surface area (Å²) in [7, 11) is 0. The summed E-state index contributed by atoms with van der Waals surface area (Å²) in [6.45, 7) is 1.78. The number of imidazole rings is 1. The third-order valence-electron chi connectivity index (χ3n) is 4.14. The first-order valence-corrected chi connectivity index (χ1v) is 8.20. The highest BCUT2D eigenvalue weighted by Gasteiger charge is 2.23. The minimum Gasteiger partial charge on any atom is -0.381 e. The minimum atomic E-state index is -0.0441. The zero-order valence-electron chi connectivity index (χ0n) is 12.8. The lowest BCUT2D eigenvalue weighted by Gasteiger charge is -2.24. The van der Waals surface area contributed by atoms with Gasteiger partial charge in [0.25, 0.3) is 0 Å². The Morgan fingerprint density at radius 1 is 1.43 bits per heavy atom. The molecule has 6 heteroatoms. The Hall–Kier alpha value is -1.85. The summed E-state index contributed by atoms with van der Waals surface area (Å²) in [5, 5.41) is 3.75. The van der Waals surface area contributed by atoms with Gasteiger partial charge < -0.3 is 14.6 Å². The second-order valence-electron chi connectivity index (χ2n) is 5.74. The maximum Gasteiger partial charge on any atom is 0.225 e. The van der Waals surface area contributed by atoms with Gasteiger partial charge in [-0.25, -0.2) is 4.98 Å². The molecule has 1 aromatic heterocycles. The normalized spacial score (nSPS) is 19.3. The smallest absolute Gasteiger partial charge is 0.225 e. The molecule has 1 N–H and O–H groups in total. The number of hydrogen-bond donors (Lipinski definition) is 1. The molecule has 122 valence electrons. The van der Waals surface area contributed by atoms with E-state index in [4.69, 9.17) is 16.3 Å². The molecule has 1 aliphatic rings. The van der Waals surface area contributed by atoms with Gasteiger partial charge in [-0.05, 0) is 30.5 Å². The van der Waals surface area contributed by atoms with Crippen LogP contribution >= 0.6 is 11.6 Å². The van der Waals surface area contributed by atoms with Gasteiger partial charge in [-0.2, -0.15) is 0 Å². The molecule has 0 aliphatic carbocycles. The van der Waals surface area contributed by atoms with Crippen molar-refractivity contribution in [2.45, 2.75) is 18.9 Å². The van der Waals surface area contributed by atoms with E-state index in [1.54, 1.807) is 12.5 Å². The number of carbonyl (C=O) groups is 1. The number of carbonyl (C=O) groups excluding carboxylic acids is 1. The van der Waals surface area contributed by atoms with Crippen LogP contribution in [0.3, 0.4) is 0 Å². The van der Waals surface area contributed by atoms with Crippen molar-refractivity contribution >= 4 is 17.5 Å². The number of nitrogens with zero attached hydrogens (tertiary/aromatic N) is 2. The Bertz CT molecular complexity index is 622. The maximum absolute atomic E-state index is 12.3. The number of amides is 1. The zero-order valence-corrected chi connectivity index (χ0v) is 13.6. The van der Waals surface area contributed by atoms with Crippen molar-refractivity contribution in [3.05, 3.63) is 53.6 Å². The average Bonchev–Trinajstić information content (AvgIpc) is 3.11. The first kappa shape index (κ1) is 16.0. The van der Waals surface area contributed by atoms with E-state index >= 15 is 0 Å². The first-order chi connectivity index (χ1) is 11.2. The van der Waals surface area contributed by atoms with Crippen molar-refractivity contribution in [2.24, 2.45) is 5.92 Å². The second kappa shape index (κ2) is 7.62. The number of aromatic nitrogens is 2. The number of halogens is 1. The third-order valence-corrected chi connectivity index (χ3v) is 4.39. The molecule has 1 saturated heterocycles. The third kappa shape index (κ3) is 4.12. The second-order valence-corrected chi connectivity index (χ2v) is 6.17. The van der Waals surface area contributed by atoms with Crippen LogP contribution in [-0.4, -0.2) is 35.2 Å². The van der Waals surface area contributed by atoms with E-state index in [1.165, 1.54) is 0 Å². The molecular weight excluding hydrogens is 314 g/mol. The Morgan fingerprint density at radius 2 is 2.26 bits per heavy atom. The van der Waals surface area contributed by atoms with Crippen molar-refractivity contribution < 1.29 is 9.53 Å². The van der Waals surface area contributed by atoms with Crippen LogP contribution in [0.25, 0.3) is 0 Å². The summed E-state index contributed by atoms with van der Waals surface area (Å²) >= 11 is 5.97. The van der Waals surface area contributed by atoms with Gasteiger partial charge in [-0.3, -0.25) is 4.79 Å². The molecule has 1 amide bonds. The van der Waals surface area contributed by atoms with Crippen LogP contribution < -0.4 is 5.32 Å². The van der Waals surface area contributed by atoms with Crippen molar-refractivity contribution in [3.63, 3.8) is 0 Å². The number of nitrogens with one attached hydrogen (secondary N) is 1. The quantitative estimate of drug-likeness (QED) is 0.915. The fourth-order valence-electron chi connectivity index (χ4n) is 2.82. The Morgan fingerprint density at radius 3 is 2.91 bits per heavy atom. The molecule has 2 unspecified atom stereocenters. The van der Waals surface area contributed by atoms with Crippen LogP contribution in [-0.2, 0) is 9.53 Å². The SMILES string of the molecule is O=C(NCC(c1ccc(Cl)cc1)n1ccnc1)C1CCCOC1. The highest BCUT2D eigenvalue weighted by molar-refractivity contribution is 6.30. The molecule has 2 heterocycles. The van der Waals surface area contributed by atoms with E-state index in [-0.39, 0.29) is 17.9 Å². The predicted octanol–water partition coefficient (Wildman–Crippen LogP) is 2.67. The van der Waals surface area contributed by atoms with Gasteiger partial charge in [0.1, 0.15) is 0 Å². The summed E-state index contributed by atoms with van der Waals surface area (Å²) in [4.78, 5) is 16.4. The van der Waals surface area contributed by atoms with E-state index in [1.807, 2.05) is 35.0 Å². The minimum absolute atomic E-state index is 0.0109. The number of hydrogen-bond acceptors (Lipinski definition) is 3. The van der Waals surface area contributed by atoms with Gasteiger partial charge in [0, 0.05) is 30.6 Å². The highest BCUT2D eigenvalue weighted by atomic mass is 35.5. The summed E-state index contributed by atoms with van der Waals surface area (Å²) in [5.41, 5.74) is 1.08. The van der Waals surface area contributed by atoms with Crippen molar-refractivity contribution in [1.82, 2.24) is 14.9 Å². The molecule has 5 nitrogen and oxygen atoms in total. The topological polar surface area (TPSA) is 56.2 Å². The van der Waals surface area contributed by atoms with Gasteiger partial charge in [0.15, 0.2) is 0 Å². The number of rotatable bonds is 5. The van der Waals surface area contributed by atoms with E-state index in [0.29, 0.717) is 18.2 Å². The monoisotopic (exact) mass is 333 g/mol. The molecule has 1 aromatic carbocycles. The van der Waals surface area contributed by atoms with Gasteiger partial charge in [0.2, 0.25) is 5.91 Å². The summed E-state index contributed by atoms with van der Waals surface area (Å²) in [5.74, 6) is 0.0150. The number of ether oxygens (including phenoxy) is 1. The fraction of sp³-hybridized carbons (Fsp3) is 0.412. The van der Waals surface area contributed by atoms with E-state index in [0.717, 1.165) is 25.0 Å². The average molecular weight is 334 g/mol. The van der Waals surface area contributed by atoms with Gasteiger partial charge in [0.05, 0.1) is 24.9 Å². The predicted molar refractivity (Wildman–Crippen MR) is 88.4 cm³/mol. The first-order valence-electron chi connectivity index (χ1n) is 7.82. The van der Waals surface area contributed by atoms with Gasteiger partial charge >= 0.3 is 0 Å². The van der Waals surface area contributed by atoms with E-state index < -0.39 is 0 Å². The highest BCUT2D eigenvalue weighted by Crippen LogP contribution is 2.20.